The summed E-state index contributed by atoms with van der Waals surface area (Å²) in [5.74, 6) is 0.0259. The van der Waals surface area contributed by atoms with Crippen LogP contribution in [0.5, 0.6) is 5.75 Å². The number of nitro benzene ring substituents is 1. The number of nitro groups is 1. The molecule has 0 aliphatic heterocycles. The molecule has 0 saturated carbocycles. The molecular formula is C17H17ClN2O4. The van der Waals surface area contributed by atoms with Gasteiger partial charge in [-0.3, -0.25) is 14.9 Å². The van der Waals surface area contributed by atoms with Crippen molar-refractivity contribution >= 4 is 28.9 Å². The summed E-state index contributed by atoms with van der Waals surface area (Å²) in [5, 5.41) is 14.0. The first kappa shape index (κ1) is 17.7. The van der Waals surface area contributed by atoms with Gasteiger partial charge < -0.3 is 10.1 Å². The van der Waals surface area contributed by atoms with Gasteiger partial charge in [0.15, 0.2) is 6.10 Å². The second-order valence-corrected chi connectivity index (χ2v) is 5.60. The van der Waals surface area contributed by atoms with Gasteiger partial charge in [0.25, 0.3) is 11.6 Å². The minimum Gasteiger partial charge on any atom is -0.479 e. The Labute approximate surface area is 144 Å². The lowest BCUT2D eigenvalue weighted by atomic mass is 10.1. The van der Waals surface area contributed by atoms with Crippen LogP contribution < -0.4 is 10.1 Å². The monoisotopic (exact) mass is 348 g/mol. The zero-order chi connectivity index (χ0) is 17.7. The molecule has 1 N–H and O–H groups in total. The van der Waals surface area contributed by atoms with Crippen molar-refractivity contribution in [2.24, 2.45) is 0 Å². The van der Waals surface area contributed by atoms with E-state index in [0.29, 0.717) is 22.9 Å². The molecule has 0 aliphatic rings. The molecule has 1 amide bonds. The maximum absolute atomic E-state index is 12.4. The predicted octanol–water partition coefficient (Wildman–Crippen LogP) is 4.35. The van der Waals surface area contributed by atoms with Gasteiger partial charge in [0.05, 0.1) is 15.6 Å². The summed E-state index contributed by atoms with van der Waals surface area (Å²) >= 11 is 6.04. The van der Waals surface area contributed by atoms with Crippen LogP contribution in [0.4, 0.5) is 11.4 Å². The second-order valence-electron chi connectivity index (χ2n) is 5.19. The molecule has 6 nitrogen and oxygen atoms in total. The average Bonchev–Trinajstić information content (AvgIpc) is 2.55. The second kappa shape index (κ2) is 7.79. The third kappa shape index (κ3) is 4.23. The van der Waals surface area contributed by atoms with Gasteiger partial charge in [-0.05, 0) is 31.0 Å². The van der Waals surface area contributed by atoms with E-state index in [0.717, 1.165) is 5.56 Å². The largest absolute Gasteiger partial charge is 0.479 e. The van der Waals surface area contributed by atoms with Gasteiger partial charge in [-0.2, -0.15) is 0 Å². The lowest BCUT2D eigenvalue weighted by Crippen LogP contribution is -2.32. The highest BCUT2D eigenvalue weighted by Crippen LogP contribution is 2.26. The molecule has 0 saturated heterocycles. The lowest BCUT2D eigenvalue weighted by Gasteiger charge is -2.18. The molecule has 0 spiro atoms. The molecule has 0 aromatic heterocycles. The summed E-state index contributed by atoms with van der Waals surface area (Å²) in [6, 6.07) is 11.2. The molecule has 7 heteroatoms. The number of carbonyl (C=O) groups is 1. The molecule has 0 heterocycles. The van der Waals surface area contributed by atoms with E-state index in [1.807, 2.05) is 0 Å². The van der Waals surface area contributed by atoms with Crippen molar-refractivity contribution < 1.29 is 14.5 Å². The number of para-hydroxylation sites is 1. The van der Waals surface area contributed by atoms with Crippen LogP contribution in [0.1, 0.15) is 18.9 Å². The van der Waals surface area contributed by atoms with Gasteiger partial charge >= 0.3 is 0 Å². The number of carbonyl (C=O) groups excluding carboxylic acids is 1. The van der Waals surface area contributed by atoms with Crippen LogP contribution in [0.25, 0.3) is 0 Å². The number of aryl methyl sites for hydroxylation is 1. The number of nitrogens with one attached hydrogen (secondary N) is 1. The Morgan fingerprint density at radius 2 is 2.04 bits per heavy atom. The van der Waals surface area contributed by atoms with Crippen LogP contribution in [0, 0.1) is 17.0 Å². The van der Waals surface area contributed by atoms with Crippen LogP contribution in [-0.4, -0.2) is 16.9 Å². The SMILES string of the molecule is CC[C@@H](Oc1ccccc1Cl)C(=O)Nc1cc([N+](=O)[O-])ccc1C. The maximum atomic E-state index is 12.4. The molecule has 24 heavy (non-hydrogen) atoms. The number of benzene rings is 2. The van der Waals surface area contributed by atoms with Gasteiger partial charge in [-0.1, -0.05) is 36.7 Å². The quantitative estimate of drug-likeness (QED) is 0.621. The first-order valence-corrected chi connectivity index (χ1v) is 7.77. The fourth-order valence-corrected chi connectivity index (χ4v) is 2.27. The Morgan fingerprint density at radius 1 is 1.33 bits per heavy atom. The highest BCUT2D eigenvalue weighted by atomic mass is 35.5. The van der Waals surface area contributed by atoms with Crippen molar-refractivity contribution in [3.63, 3.8) is 0 Å². The Kier molecular flexibility index (Phi) is 5.76. The molecule has 0 unspecified atom stereocenters. The van der Waals surface area contributed by atoms with Crippen molar-refractivity contribution in [1.82, 2.24) is 0 Å². The van der Waals surface area contributed by atoms with Crippen LogP contribution in [0.3, 0.4) is 0 Å². The number of ether oxygens (including phenoxy) is 1. The Bertz CT molecular complexity index is 764. The first-order chi connectivity index (χ1) is 11.4. The smallest absolute Gasteiger partial charge is 0.271 e. The summed E-state index contributed by atoms with van der Waals surface area (Å²) in [6.45, 7) is 3.57. The molecule has 2 rings (SSSR count). The van der Waals surface area contributed by atoms with E-state index in [4.69, 9.17) is 16.3 Å². The highest BCUT2D eigenvalue weighted by Gasteiger charge is 2.21. The molecular weight excluding hydrogens is 332 g/mol. The van der Waals surface area contributed by atoms with Crippen molar-refractivity contribution in [1.29, 1.82) is 0 Å². The van der Waals surface area contributed by atoms with Crippen LogP contribution in [-0.2, 0) is 4.79 Å². The molecule has 0 radical (unpaired) electrons. The fourth-order valence-electron chi connectivity index (χ4n) is 2.09. The normalized spacial score (nSPS) is 11.6. The third-order valence-electron chi connectivity index (χ3n) is 3.46. The third-order valence-corrected chi connectivity index (χ3v) is 3.77. The summed E-state index contributed by atoms with van der Waals surface area (Å²) in [7, 11) is 0. The van der Waals surface area contributed by atoms with Crippen LogP contribution in [0.2, 0.25) is 5.02 Å². The number of nitrogens with zero attached hydrogens (tertiary/aromatic N) is 1. The summed E-state index contributed by atoms with van der Waals surface area (Å²) in [4.78, 5) is 22.8. The number of non-ortho nitro benzene ring substituents is 1. The van der Waals surface area contributed by atoms with E-state index >= 15 is 0 Å². The number of halogens is 1. The van der Waals surface area contributed by atoms with Crippen molar-refractivity contribution in [2.45, 2.75) is 26.4 Å². The summed E-state index contributed by atoms with van der Waals surface area (Å²) in [6.07, 6.45) is -0.339. The number of amides is 1. The topological polar surface area (TPSA) is 81.5 Å². The van der Waals surface area contributed by atoms with Gasteiger partial charge in [-0.15, -0.1) is 0 Å². The van der Waals surface area contributed by atoms with E-state index in [-0.39, 0.29) is 11.6 Å². The zero-order valence-corrected chi connectivity index (χ0v) is 14.0. The molecule has 0 fully saturated rings. The Hall–Kier alpha value is -2.60. The number of anilines is 1. The van der Waals surface area contributed by atoms with E-state index in [1.54, 1.807) is 44.2 Å². The predicted molar refractivity (Wildman–Crippen MR) is 92.6 cm³/mol. The lowest BCUT2D eigenvalue weighted by molar-refractivity contribution is -0.384. The molecule has 2 aromatic carbocycles. The van der Waals surface area contributed by atoms with Gasteiger partial charge in [0.2, 0.25) is 0 Å². The van der Waals surface area contributed by atoms with Crippen molar-refractivity contribution in [3.8, 4) is 5.75 Å². The Balaban J connectivity index is 2.16. The summed E-state index contributed by atoms with van der Waals surface area (Å²) < 4.78 is 5.67. The van der Waals surface area contributed by atoms with E-state index in [9.17, 15) is 14.9 Å². The first-order valence-electron chi connectivity index (χ1n) is 7.39. The number of hydrogen-bond donors (Lipinski definition) is 1. The van der Waals surface area contributed by atoms with E-state index in [2.05, 4.69) is 5.32 Å². The molecule has 0 aliphatic carbocycles. The van der Waals surface area contributed by atoms with Gasteiger partial charge in [0.1, 0.15) is 5.75 Å². The van der Waals surface area contributed by atoms with Crippen LogP contribution >= 0.6 is 11.6 Å². The minimum absolute atomic E-state index is 0.0871. The molecule has 1 atom stereocenters. The number of rotatable bonds is 6. The average molecular weight is 349 g/mol. The standard InChI is InChI=1S/C17H17ClN2O4/c1-3-15(24-16-7-5-4-6-13(16)18)17(21)19-14-10-12(20(22)23)9-8-11(14)2/h4-10,15H,3H2,1-2H3,(H,19,21)/t15-/m1/s1. The summed E-state index contributed by atoms with van der Waals surface area (Å²) in [5.41, 5.74) is 1.02. The Morgan fingerprint density at radius 3 is 2.67 bits per heavy atom. The number of hydrogen-bond acceptors (Lipinski definition) is 4. The fraction of sp³-hybridized carbons (Fsp3) is 0.235. The van der Waals surface area contributed by atoms with Gasteiger partial charge in [-0.25, -0.2) is 0 Å². The maximum Gasteiger partial charge on any atom is 0.271 e. The molecule has 2 aromatic rings. The van der Waals surface area contributed by atoms with E-state index in [1.165, 1.54) is 12.1 Å². The van der Waals surface area contributed by atoms with Crippen LogP contribution in [0.15, 0.2) is 42.5 Å². The van der Waals surface area contributed by atoms with Crippen molar-refractivity contribution in [2.75, 3.05) is 5.32 Å². The highest BCUT2D eigenvalue weighted by molar-refractivity contribution is 6.32. The van der Waals surface area contributed by atoms with E-state index < -0.39 is 11.0 Å². The van der Waals surface area contributed by atoms with Crippen molar-refractivity contribution in [3.05, 3.63) is 63.2 Å². The molecule has 126 valence electrons. The van der Waals surface area contributed by atoms with Gasteiger partial charge in [0, 0.05) is 12.1 Å². The zero-order valence-electron chi connectivity index (χ0n) is 13.3. The minimum atomic E-state index is -0.761. The molecule has 0 bridgehead atoms.